The Morgan fingerprint density at radius 3 is 2.07 bits per heavy atom. The molecule has 0 unspecified atom stereocenters. The number of fused-ring (bicyclic) bond motifs is 1. The maximum atomic E-state index is 12.0. The number of nitrogens with one attached hydrogen (secondary N) is 2. The van der Waals surface area contributed by atoms with E-state index in [9.17, 15) is 8.42 Å². The van der Waals surface area contributed by atoms with Gasteiger partial charge in [-0.05, 0) is 47.4 Å². The quantitative estimate of drug-likeness (QED) is 0.620. The van der Waals surface area contributed by atoms with Crippen molar-refractivity contribution in [2.24, 2.45) is 0 Å². The van der Waals surface area contributed by atoms with Crippen molar-refractivity contribution < 1.29 is 8.42 Å². The summed E-state index contributed by atoms with van der Waals surface area (Å²) >= 11 is 0. The molecule has 0 spiro atoms. The van der Waals surface area contributed by atoms with Gasteiger partial charge in [-0.1, -0.05) is 60.7 Å². The van der Waals surface area contributed by atoms with Crippen molar-refractivity contribution in [2.45, 2.75) is 38.7 Å². The molecule has 0 aliphatic rings. The highest BCUT2D eigenvalue weighted by Gasteiger charge is 2.12. The number of hydrogen-bond donors (Lipinski definition) is 2. The van der Waals surface area contributed by atoms with Crippen molar-refractivity contribution in [3.63, 3.8) is 0 Å². The van der Waals surface area contributed by atoms with E-state index in [1.54, 1.807) is 0 Å². The molecular formula is C22H26N2O2S. The first-order chi connectivity index (χ1) is 12.9. The predicted octanol–water partition coefficient (Wildman–Crippen LogP) is 3.96. The molecule has 3 aromatic carbocycles. The zero-order chi connectivity index (χ0) is 19.3. The highest BCUT2D eigenvalue weighted by atomic mass is 32.2. The summed E-state index contributed by atoms with van der Waals surface area (Å²) in [6.07, 6.45) is 0. The lowest BCUT2D eigenvalue weighted by Gasteiger charge is -2.10. The van der Waals surface area contributed by atoms with Gasteiger partial charge in [0.1, 0.15) is 0 Å². The molecule has 0 radical (unpaired) electrons. The van der Waals surface area contributed by atoms with Crippen LogP contribution >= 0.6 is 0 Å². The first kappa shape index (κ1) is 19.5. The van der Waals surface area contributed by atoms with E-state index in [2.05, 4.69) is 46.4 Å². The molecule has 0 saturated heterocycles. The molecule has 0 amide bonds. The molecule has 0 bridgehead atoms. The van der Waals surface area contributed by atoms with Crippen LogP contribution in [0, 0.1) is 0 Å². The Kier molecular flexibility index (Phi) is 6.26. The van der Waals surface area contributed by atoms with Crippen LogP contribution < -0.4 is 10.0 Å². The van der Waals surface area contributed by atoms with Gasteiger partial charge in [0.15, 0.2) is 0 Å². The molecule has 0 aliphatic heterocycles. The van der Waals surface area contributed by atoms with Crippen LogP contribution in [0.1, 0.15) is 30.5 Å². The van der Waals surface area contributed by atoms with Gasteiger partial charge in [0, 0.05) is 19.1 Å². The van der Waals surface area contributed by atoms with Crippen molar-refractivity contribution in [2.75, 3.05) is 0 Å². The molecule has 3 rings (SSSR count). The maximum absolute atomic E-state index is 12.0. The second-order valence-corrected chi connectivity index (χ2v) is 8.89. The van der Waals surface area contributed by atoms with Crippen LogP contribution in [0.25, 0.3) is 10.8 Å². The summed E-state index contributed by atoms with van der Waals surface area (Å²) in [7, 11) is -3.28. The molecule has 4 nitrogen and oxygen atoms in total. The van der Waals surface area contributed by atoms with E-state index in [-0.39, 0.29) is 11.8 Å². The van der Waals surface area contributed by atoms with E-state index < -0.39 is 10.0 Å². The van der Waals surface area contributed by atoms with Crippen molar-refractivity contribution in [3.05, 3.63) is 83.4 Å². The Hall–Kier alpha value is -2.21. The Morgan fingerprint density at radius 2 is 1.37 bits per heavy atom. The fraction of sp³-hybridized carbons (Fsp3) is 0.273. The molecule has 27 heavy (non-hydrogen) atoms. The van der Waals surface area contributed by atoms with E-state index >= 15 is 0 Å². The normalized spacial score (nSPS) is 12.0. The van der Waals surface area contributed by atoms with Crippen LogP contribution in [0.15, 0.2) is 66.7 Å². The number of sulfonamides is 1. The standard InChI is InChI=1S/C22H26N2O2S/c1-17(2)24-27(25,26)16-19-9-7-18(8-10-19)14-23-15-20-11-12-21-5-3-4-6-22(21)13-20/h3-13,17,23-24H,14-16H2,1-2H3. The second kappa shape index (κ2) is 8.65. The lowest BCUT2D eigenvalue weighted by Crippen LogP contribution is -2.31. The molecule has 3 aromatic rings. The second-order valence-electron chi connectivity index (χ2n) is 7.13. The number of rotatable bonds is 8. The molecule has 0 aromatic heterocycles. The van der Waals surface area contributed by atoms with Gasteiger partial charge in [0.25, 0.3) is 0 Å². The van der Waals surface area contributed by atoms with E-state index in [0.29, 0.717) is 0 Å². The monoisotopic (exact) mass is 382 g/mol. The lowest BCUT2D eigenvalue weighted by molar-refractivity contribution is 0.569. The Morgan fingerprint density at radius 1 is 0.778 bits per heavy atom. The predicted molar refractivity (Wildman–Crippen MR) is 112 cm³/mol. The minimum absolute atomic E-state index is 0.00990. The third-order valence-corrected chi connectivity index (χ3v) is 5.81. The smallest absolute Gasteiger partial charge is 0.216 e. The SMILES string of the molecule is CC(C)NS(=O)(=O)Cc1ccc(CNCc2ccc3ccccc3c2)cc1. The topological polar surface area (TPSA) is 58.2 Å². The average molecular weight is 383 g/mol. The summed E-state index contributed by atoms with van der Waals surface area (Å²) in [6, 6.07) is 22.5. The molecular weight excluding hydrogens is 356 g/mol. The largest absolute Gasteiger partial charge is 0.309 e. The molecule has 0 aliphatic carbocycles. The van der Waals surface area contributed by atoms with Crippen molar-refractivity contribution in [1.82, 2.24) is 10.0 Å². The van der Waals surface area contributed by atoms with E-state index in [0.717, 1.165) is 24.2 Å². The van der Waals surface area contributed by atoms with Crippen molar-refractivity contribution in [3.8, 4) is 0 Å². The Labute approximate surface area is 161 Å². The third-order valence-electron chi connectivity index (χ3n) is 4.27. The maximum Gasteiger partial charge on any atom is 0.216 e. The van der Waals surface area contributed by atoms with Crippen LogP contribution in [0.5, 0.6) is 0 Å². The number of hydrogen-bond acceptors (Lipinski definition) is 3. The third kappa shape index (κ3) is 5.89. The summed E-state index contributed by atoms with van der Waals surface area (Å²) in [5, 5.41) is 5.94. The highest BCUT2D eigenvalue weighted by molar-refractivity contribution is 7.88. The van der Waals surface area contributed by atoms with Crippen LogP contribution in [-0.4, -0.2) is 14.5 Å². The first-order valence-electron chi connectivity index (χ1n) is 9.17. The van der Waals surface area contributed by atoms with Gasteiger partial charge < -0.3 is 5.32 Å². The van der Waals surface area contributed by atoms with E-state index in [1.807, 2.05) is 44.2 Å². The Bertz CT molecular complexity index is 996. The molecule has 5 heteroatoms. The summed E-state index contributed by atoms with van der Waals surface area (Å²) in [4.78, 5) is 0. The molecule has 0 heterocycles. The minimum atomic E-state index is -3.28. The van der Waals surface area contributed by atoms with Crippen LogP contribution in [-0.2, 0) is 28.9 Å². The molecule has 142 valence electrons. The summed E-state index contributed by atoms with van der Waals surface area (Å²) in [5.74, 6) is 0.00990. The van der Waals surface area contributed by atoms with E-state index in [1.165, 1.54) is 16.3 Å². The number of benzene rings is 3. The summed E-state index contributed by atoms with van der Waals surface area (Å²) in [5.41, 5.74) is 3.17. The fourth-order valence-electron chi connectivity index (χ4n) is 3.07. The van der Waals surface area contributed by atoms with Crippen molar-refractivity contribution in [1.29, 1.82) is 0 Å². The molecule has 2 N–H and O–H groups in total. The minimum Gasteiger partial charge on any atom is -0.309 e. The van der Waals surface area contributed by atoms with Gasteiger partial charge in [-0.25, -0.2) is 13.1 Å². The van der Waals surface area contributed by atoms with Crippen LogP contribution in [0.3, 0.4) is 0 Å². The summed E-state index contributed by atoms with van der Waals surface area (Å²) < 4.78 is 26.6. The molecule has 0 saturated carbocycles. The van der Waals surface area contributed by atoms with Crippen LogP contribution in [0.4, 0.5) is 0 Å². The van der Waals surface area contributed by atoms with Gasteiger partial charge in [-0.2, -0.15) is 0 Å². The van der Waals surface area contributed by atoms with Gasteiger partial charge in [-0.3, -0.25) is 0 Å². The molecule has 0 atom stereocenters. The first-order valence-corrected chi connectivity index (χ1v) is 10.8. The molecule has 0 fully saturated rings. The fourth-order valence-corrected chi connectivity index (χ4v) is 4.51. The van der Waals surface area contributed by atoms with Gasteiger partial charge in [0.2, 0.25) is 10.0 Å². The van der Waals surface area contributed by atoms with Gasteiger partial charge in [-0.15, -0.1) is 0 Å². The van der Waals surface area contributed by atoms with Crippen molar-refractivity contribution >= 4 is 20.8 Å². The van der Waals surface area contributed by atoms with E-state index in [4.69, 9.17) is 0 Å². The Balaban J connectivity index is 1.53. The van der Waals surface area contributed by atoms with Gasteiger partial charge in [0.05, 0.1) is 5.75 Å². The lowest BCUT2D eigenvalue weighted by atomic mass is 10.1. The van der Waals surface area contributed by atoms with Crippen LogP contribution in [0.2, 0.25) is 0 Å². The average Bonchev–Trinajstić information content (AvgIpc) is 2.62. The zero-order valence-corrected chi connectivity index (χ0v) is 16.6. The highest BCUT2D eigenvalue weighted by Crippen LogP contribution is 2.15. The van der Waals surface area contributed by atoms with Gasteiger partial charge >= 0.3 is 0 Å². The zero-order valence-electron chi connectivity index (χ0n) is 15.8. The summed E-state index contributed by atoms with van der Waals surface area (Å²) in [6.45, 7) is 5.17.